The molecule has 1 aliphatic carbocycles. The zero-order valence-electron chi connectivity index (χ0n) is 12.6. The first kappa shape index (κ1) is 13.9. The maximum atomic E-state index is 12.8. The monoisotopic (exact) mass is 302 g/mol. The Hall–Kier alpha value is -1.73. The summed E-state index contributed by atoms with van der Waals surface area (Å²) in [6, 6.07) is 2.25. The first-order valence-electron chi connectivity index (χ1n) is 8.15. The van der Waals surface area contributed by atoms with Gasteiger partial charge in [-0.1, -0.05) is 6.42 Å². The van der Waals surface area contributed by atoms with Crippen molar-refractivity contribution in [3.8, 4) is 0 Å². The molecule has 2 aliphatic heterocycles. The number of carbonyl (C=O) groups is 1. The van der Waals surface area contributed by atoms with Gasteiger partial charge >= 0.3 is 0 Å². The summed E-state index contributed by atoms with van der Waals surface area (Å²) >= 11 is 0. The van der Waals surface area contributed by atoms with Gasteiger partial charge in [-0.25, -0.2) is 15.4 Å². The SMILES string of the molecule is O=C(C1NNC2CCCC21)N1CCN(c2ncccn2)CC1. The molecular formula is C15H22N6O. The van der Waals surface area contributed by atoms with Crippen molar-refractivity contribution in [1.29, 1.82) is 0 Å². The fourth-order valence-electron chi connectivity index (χ4n) is 3.89. The van der Waals surface area contributed by atoms with E-state index in [2.05, 4.69) is 25.7 Å². The molecule has 22 heavy (non-hydrogen) atoms. The van der Waals surface area contributed by atoms with Crippen molar-refractivity contribution in [1.82, 2.24) is 25.7 Å². The average molecular weight is 302 g/mol. The third-order valence-electron chi connectivity index (χ3n) is 5.11. The van der Waals surface area contributed by atoms with Gasteiger partial charge in [0.05, 0.1) is 0 Å². The second kappa shape index (κ2) is 5.81. The van der Waals surface area contributed by atoms with Gasteiger partial charge in [-0.2, -0.15) is 0 Å². The molecule has 1 saturated carbocycles. The van der Waals surface area contributed by atoms with Gasteiger partial charge in [0.1, 0.15) is 6.04 Å². The normalized spacial score (nSPS) is 31.4. The van der Waals surface area contributed by atoms with Gasteiger partial charge in [-0.05, 0) is 18.9 Å². The van der Waals surface area contributed by atoms with E-state index in [9.17, 15) is 4.79 Å². The van der Waals surface area contributed by atoms with Crippen molar-refractivity contribution in [3.05, 3.63) is 18.5 Å². The number of amides is 1. The van der Waals surface area contributed by atoms with Crippen LogP contribution in [0.1, 0.15) is 19.3 Å². The van der Waals surface area contributed by atoms with Crippen molar-refractivity contribution < 1.29 is 4.79 Å². The van der Waals surface area contributed by atoms with Crippen LogP contribution in [0.4, 0.5) is 5.95 Å². The van der Waals surface area contributed by atoms with E-state index in [0.29, 0.717) is 12.0 Å². The number of hydrogen-bond donors (Lipinski definition) is 2. The van der Waals surface area contributed by atoms with Crippen LogP contribution >= 0.6 is 0 Å². The summed E-state index contributed by atoms with van der Waals surface area (Å²) in [5.74, 6) is 1.46. The van der Waals surface area contributed by atoms with Crippen molar-refractivity contribution in [2.24, 2.45) is 5.92 Å². The highest BCUT2D eigenvalue weighted by Gasteiger charge is 2.44. The molecule has 3 unspecified atom stereocenters. The minimum absolute atomic E-state index is 0.0491. The highest BCUT2D eigenvalue weighted by Crippen LogP contribution is 2.32. The number of nitrogens with one attached hydrogen (secondary N) is 2. The molecule has 0 spiro atoms. The molecule has 1 aromatic rings. The van der Waals surface area contributed by atoms with Crippen LogP contribution in [-0.2, 0) is 4.79 Å². The number of fused-ring (bicyclic) bond motifs is 1. The zero-order valence-corrected chi connectivity index (χ0v) is 12.6. The van der Waals surface area contributed by atoms with Crippen molar-refractivity contribution in [2.75, 3.05) is 31.1 Å². The summed E-state index contributed by atoms with van der Waals surface area (Å²) < 4.78 is 0. The molecule has 7 heteroatoms. The van der Waals surface area contributed by atoms with Gasteiger partial charge in [-0.3, -0.25) is 10.2 Å². The third-order valence-corrected chi connectivity index (χ3v) is 5.11. The van der Waals surface area contributed by atoms with Gasteiger partial charge in [0.2, 0.25) is 11.9 Å². The molecule has 7 nitrogen and oxygen atoms in total. The Kier molecular flexibility index (Phi) is 3.67. The number of hydrogen-bond acceptors (Lipinski definition) is 6. The van der Waals surface area contributed by atoms with Gasteiger partial charge in [0, 0.05) is 50.5 Å². The van der Waals surface area contributed by atoms with Gasteiger partial charge in [0.25, 0.3) is 0 Å². The molecule has 2 N–H and O–H groups in total. The lowest BCUT2D eigenvalue weighted by Gasteiger charge is -2.36. The fourth-order valence-corrected chi connectivity index (χ4v) is 3.89. The molecule has 1 amide bonds. The van der Waals surface area contributed by atoms with Crippen LogP contribution in [0.5, 0.6) is 0 Å². The van der Waals surface area contributed by atoms with Crippen LogP contribution in [0.25, 0.3) is 0 Å². The Balaban J connectivity index is 1.36. The molecule has 118 valence electrons. The largest absolute Gasteiger partial charge is 0.338 e. The number of anilines is 1. The van der Waals surface area contributed by atoms with Gasteiger partial charge in [-0.15, -0.1) is 0 Å². The van der Waals surface area contributed by atoms with E-state index in [0.717, 1.165) is 38.5 Å². The molecule has 4 rings (SSSR count). The summed E-state index contributed by atoms with van der Waals surface area (Å²) in [6.45, 7) is 3.08. The number of nitrogens with zero attached hydrogens (tertiary/aromatic N) is 4. The molecule has 0 aromatic carbocycles. The summed E-state index contributed by atoms with van der Waals surface area (Å²) in [7, 11) is 0. The molecule has 0 radical (unpaired) electrons. The predicted molar refractivity (Wildman–Crippen MR) is 82.0 cm³/mol. The maximum absolute atomic E-state index is 12.8. The first-order valence-corrected chi connectivity index (χ1v) is 8.15. The standard InChI is InChI=1S/C15H22N6O/c22-14(13-11-3-1-4-12(11)18-19-13)20-7-9-21(10-8-20)15-16-5-2-6-17-15/h2,5-6,11-13,18-19H,1,3-4,7-10H2. The number of rotatable bonds is 2. The van der Waals surface area contributed by atoms with E-state index in [4.69, 9.17) is 0 Å². The second-order valence-electron chi connectivity index (χ2n) is 6.33. The highest BCUT2D eigenvalue weighted by molar-refractivity contribution is 5.83. The van der Waals surface area contributed by atoms with Crippen LogP contribution in [-0.4, -0.2) is 59.0 Å². The van der Waals surface area contributed by atoms with Crippen LogP contribution in [0.3, 0.4) is 0 Å². The quantitative estimate of drug-likeness (QED) is 0.786. The Bertz CT molecular complexity index is 530. The Labute approximate surface area is 130 Å². The molecule has 3 heterocycles. The average Bonchev–Trinajstić information content (AvgIpc) is 3.18. The summed E-state index contributed by atoms with van der Waals surface area (Å²) in [5.41, 5.74) is 6.51. The lowest BCUT2D eigenvalue weighted by atomic mass is 9.96. The highest BCUT2D eigenvalue weighted by atomic mass is 16.2. The molecule has 2 saturated heterocycles. The van der Waals surface area contributed by atoms with Crippen molar-refractivity contribution in [3.63, 3.8) is 0 Å². The molecular weight excluding hydrogens is 280 g/mol. The van der Waals surface area contributed by atoms with Crippen molar-refractivity contribution in [2.45, 2.75) is 31.3 Å². The third kappa shape index (κ3) is 2.44. The number of piperazine rings is 1. The second-order valence-corrected chi connectivity index (χ2v) is 6.33. The topological polar surface area (TPSA) is 73.4 Å². The fraction of sp³-hybridized carbons (Fsp3) is 0.667. The Morgan fingerprint density at radius 1 is 1.09 bits per heavy atom. The number of aromatic nitrogens is 2. The molecule has 3 atom stereocenters. The summed E-state index contributed by atoms with van der Waals surface area (Å²) in [6.07, 6.45) is 7.08. The van der Waals surface area contributed by atoms with E-state index >= 15 is 0 Å². The van der Waals surface area contributed by atoms with Crippen LogP contribution < -0.4 is 15.8 Å². The summed E-state index contributed by atoms with van der Waals surface area (Å²) in [4.78, 5) is 25.5. The Morgan fingerprint density at radius 3 is 2.64 bits per heavy atom. The summed E-state index contributed by atoms with van der Waals surface area (Å²) in [5, 5.41) is 0. The van der Waals surface area contributed by atoms with Crippen LogP contribution in [0, 0.1) is 5.92 Å². The lowest BCUT2D eigenvalue weighted by molar-refractivity contribution is -0.134. The van der Waals surface area contributed by atoms with Crippen LogP contribution in [0.15, 0.2) is 18.5 Å². The minimum atomic E-state index is -0.0491. The van der Waals surface area contributed by atoms with E-state index in [1.165, 1.54) is 12.8 Å². The first-order chi connectivity index (χ1) is 10.8. The molecule has 3 aliphatic rings. The minimum Gasteiger partial charge on any atom is -0.338 e. The molecule has 1 aromatic heterocycles. The van der Waals surface area contributed by atoms with Crippen molar-refractivity contribution >= 4 is 11.9 Å². The Morgan fingerprint density at radius 2 is 1.86 bits per heavy atom. The van der Waals surface area contributed by atoms with Crippen LogP contribution in [0.2, 0.25) is 0 Å². The zero-order chi connectivity index (χ0) is 14.9. The number of hydrazine groups is 1. The molecule has 0 bridgehead atoms. The van der Waals surface area contributed by atoms with E-state index in [1.54, 1.807) is 12.4 Å². The molecule has 3 fully saturated rings. The number of carbonyl (C=O) groups excluding carboxylic acids is 1. The predicted octanol–water partition coefficient (Wildman–Crippen LogP) is -0.230. The smallest absolute Gasteiger partial charge is 0.241 e. The van der Waals surface area contributed by atoms with Gasteiger partial charge in [0.15, 0.2) is 0 Å². The van der Waals surface area contributed by atoms with E-state index in [-0.39, 0.29) is 11.9 Å². The van der Waals surface area contributed by atoms with Gasteiger partial charge < -0.3 is 9.80 Å². The maximum Gasteiger partial charge on any atom is 0.241 e. The van der Waals surface area contributed by atoms with E-state index in [1.807, 2.05) is 11.0 Å². The van der Waals surface area contributed by atoms with E-state index < -0.39 is 0 Å². The lowest BCUT2D eigenvalue weighted by Crippen LogP contribution is -2.55.